The molecular weight excluding hydrogens is 258 g/mol. The zero-order chi connectivity index (χ0) is 13.8. The standard InChI is InChI=1S/C11H10F2N4O2/c12-8-4-1-3-7(10(8)13)11-14-15-16-17(11)6-2-5-9(18)19/h1,3-4H,2,5-6H2,(H,18,19). The van der Waals surface area contributed by atoms with Gasteiger partial charge in [0.1, 0.15) is 0 Å². The molecular formula is C11H10F2N4O2. The molecule has 0 unspecified atom stereocenters. The van der Waals surface area contributed by atoms with Crippen LogP contribution >= 0.6 is 0 Å². The van der Waals surface area contributed by atoms with E-state index >= 15 is 0 Å². The summed E-state index contributed by atoms with van der Waals surface area (Å²) in [4.78, 5) is 10.4. The van der Waals surface area contributed by atoms with Gasteiger partial charge in [0.15, 0.2) is 17.5 Å². The van der Waals surface area contributed by atoms with Crippen LogP contribution in [0.1, 0.15) is 12.8 Å². The summed E-state index contributed by atoms with van der Waals surface area (Å²) in [7, 11) is 0. The monoisotopic (exact) mass is 268 g/mol. The highest BCUT2D eigenvalue weighted by molar-refractivity contribution is 5.66. The topological polar surface area (TPSA) is 80.9 Å². The van der Waals surface area contributed by atoms with E-state index in [1.165, 1.54) is 16.8 Å². The molecule has 1 heterocycles. The summed E-state index contributed by atoms with van der Waals surface area (Å²) in [6, 6.07) is 3.71. The largest absolute Gasteiger partial charge is 0.481 e. The molecule has 1 aromatic carbocycles. The van der Waals surface area contributed by atoms with Gasteiger partial charge in [-0.1, -0.05) is 6.07 Å². The molecule has 2 aromatic rings. The van der Waals surface area contributed by atoms with Crippen molar-refractivity contribution in [2.24, 2.45) is 0 Å². The van der Waals surface area contributed by atoms with Gasteiger partial charge in [-0.05, 0) is 29.0 Å². The number of carboxylic acid groups (broad SMARTS) is 1. The SMILES string of the molecule is O=C(O)CCCn1nnnc1-c1cccc(F)c1F. The fourth-order valence-electron chi connectivity index (χ4n) is 1.60. The van der Waals surface area contributed by atoms with Gasteiger partial charge in [-0.3, -0.25) is 4.79 Å². The smallest absolute Gasteiger partial charge is 0.303 e. The van der Waals surface area contributed by atoms with Crippen molar-refractivity contribution in [3.05, 3.63) is 29.8 Å². The van der Waals surface area contributed by atoms with Crippen molar-refractivity contribution in [3.63, 3.8) is 0 Å². The van der Waals surface area contributed by atoms with Crippen LogP contribution in [-0.2, 0) is 11.3 Å². The van der Waals surface area contributed by atoms with Gasteiger partial charge in [0.2, 0.25) is 0 Å². The van der Waals surface area contributed by atoms with E-state index < -0.39 is 17.6 Å². The number of hydrogen-bond donors (Lipinski definition) is 1. The number of hydrogen-bond acceptors (Lipinski definition) is 4. The summed E-state index contributed by atoms with van der Waals surface area (Å²) in [5.74, 6) is -2.89. The maximum Gasteiger partial charge on any atom is 0.303 e. The summed E-state index contributed by atoms with van der Waals surface area (Å²) in [6.07, 6.45) is 0.245. The highest BCUT2D eigenvalue weighted by Crippen LogP contribution is 2.21. The van der Waals surface area contributed by atoms with Crippen LogP contribution in [0.3, 0.4) is 0 Å². The number of rotatable bonds is 5. The van der Waals surface area contributed by atoms with Gasteiger partial charge in [-0.25, -0.2) is 13.5 Å². The molecule has 0 bridgehead atoms. The first-order valence-electron chi connectivity index (χ1n) is 5.52. The molecule has 8 heteroatoms. The number of aromatic nitrogens is 4. The summed E-state index contributed by atoms with van der Waals surface area (Å²) >= 11 is 0. The predicted molar refractivity (Wildman–Crippen MR) is 60.0 cm³/mol. The third kappa shape index (κ3) is 2.90. The first-order valence-corrected chi connectivity index (χ1v) is 5.52. The van der Waals surface area contributed by atoms with Crippen molar-refractivity contribution in [1.29, 1.82) is 0 Å². The molecule has 0 radical (unpaired) electrons. The van der Waals surface area contributed by atoms with Crippen molar-refractivity contribution in [2.75, 3.05) is 0 Å². The zero-order valence-corrected chi connectivity index (χ0v) is 9.75. The molecule has 6 nitrogen and oxygen atoms in total. The molecule has 0 saturated heterocycles. The molecule has 0 aliphatic rings. The summed E-state index contributed by atoms with van der Waals surface area (Å²) in [5.41, 5.74) is -0.0553. The van der Waals surface area contributed by atoms with Crippen molar-refractivity contribution >= 4 is 5.97 Å². The predicted octanol–water partition coefficient (Wildman–Crippen LogP) is 1.48. The minimum Gasteiger partial charge on any atom is -0.481 e. The lowest BCUT2D eigenvalue weighted by atomic mass is 10.2. The second kappa shape index (κ2) is 5.51. The Morgan fingerprint density at radius 1 is 1.37 bits per heavy atom. The average Bonchev–Trinajstić information content (AvgIpc) is 2.80. The van der Waals surface area contributed by atoms with Gasteiger partial charge in [0.25, 0.3) is 0 Å². The van der Waals surface area contributed by atoms with Gasteiger partial charge < -0.3 is 5.11 Å². The first kappa shape index (κ1) is 13.1. The van der Waals surface area contributed by atoms with Crippen LogP contribution < -0.4 is 0 Å². The minimum atomic E-state index is -1.03. The Morgan fingerprint density at radius 2 is 2.16 bits per heavy atom. The zero-order valence-electron chi connectivity index (χ0n) is 9.75. The molecule has 0 spiro atoms. The van der Waals surface area contributed by atoms with Crippen LogP contribution in [0.4, 0.5) is 8.78 Å². The molecule has 0 aliphatic heterocycles. The third-order valence-electron chi connectivity index (χ3n) is 2.48. The maximum absolute atomic E-state index is 13.6. The Hall–Kier alpha value is -2.38. The van der Waals surface area contributed by atoms with E-state index in [2.05, 4.69) is 15.5 Å². The van der Waals surface area contributed by atoms with Crippen molar-refractivity contribution < 1.29 is 18.7 Å². The Labute approximate surface area is 106 Å². The normalized spacial score (nSPS) is 10.6. The van der Waals surface area contributed by atoms with Crippen LogP contribution in [-0.4, -0.2) is 31.3 Å². The maximum atomic E-state index is 13.6. The number of carbonyl (C=O) groups is 1. The van der Waals surface area contributed by atoms with E-state index in [4.69, 9.17) is 5.11 Å². The first-order chi connectivity index (χ1) is 9.09. The fraction of sp³-hybridized carbons (Fsp3) is 0.273. The van der Waals surface area contributed by atoms with E-state index in [1.54, 1.807) is 0 Å². The third-order valence-corrected chi connectivity index (χ3v) is 2.48. The lowest BCUT2D eigenvalue weighted by Gasteiger charge is -2.05. The molecule has 0 aliphatic carbocycles. The molecule has 1 N–H and O–H groups in total. The van der Waals surface area contributed by atoms with Gasteiger partial charge in [0.05, 0.1) is 5.56 Å². The van der Waals surface area contributed by atoms with Gasteiger partial charge in [-0.2, -0.15) is 0 Å². The highest BCUT2D eigenvalue weighted by Gasteiger charge is 2.16. The van der Waals surface area contributed by atoms with Crippen LogP contribution in [0.25, 0.3) is 11.4 Å². The lowest BCUT2D eigenvalue weighted by Crippen LogP contribution is -2.06. The highest BCUT2D eigenvalue weighted by atomic mass is 19.2. The van der Waals surface area contributed by atoms with E-state index in [-0.39, 0.29) is 24.4 Å². The molecule has 100 valence electrons. The van der Waals surface area contributed by atoms with Crippen LogP contribution in [0.15, 0.2) is 18.2 Å². The average molecular weight is 268 g/mol. The molecule has 1 aromatic heterocycles. The quantitative estimate of drug-likeness (QED) is 0.888. The molecule has 0 saturated carbocycles. The van der Waals surface area contributed by atoms with Gasteiger partial charge in [0, 0.05) is 13.0 Å². The number of carboxylic acids is 1. The number of aryl methyl sites for hydroxylation is 1. The second-order valence-corrected chi connectivity index (χ2v) is 3.82. The van der Waals surface area contributed by atoms with Gasteiger partial charge in [-0.15, -0.1) is 5.10 Å². The molecule has 2 rings (SSSR count). The molecule has 0 fully saturated rings. The van der Waals surface area contributed by atoms with Crippen molar-refractivity contribution in [3.8, 4) is 11.4 Å². The number of aliphatic carboxylic acids is 1. The Kier molecular flexibility index (Phi) is 3.79. The summed E-state index contributed by atoms with van der Waals surface area (Å²) in [6.45, 7) is 0.213. The Morgan fingerprint density at radius 3 is 2.89 bits per heavy atom. The van der Waals surface area contributed by atoms with E-state index in [9.17, 15) is 13.6 Å². The van der Waals surface area contributed by atoms with E-state index in [0.717, 1.165) is 6.07 Å². The van der Waals surface area contributed by atoms with Gasteiger partial charge >= 0.3 is 5.97 Å². The van der Waals surface area contributed by atoms with E-state index in [1.807, 2.05) is 0 Å². The number of nitrogens with zero attached hydrogens (tertiary/aromatic N) is 4. The Bertz CT molecular complexity index is 600. The number of halogens is 2. The van der Waals surface area contributed by atoms with Crippen LogP contribution in [0.2, 0.25) is 0 Å². The second-order valence-electron chi connectivity index (χ2n) is 3.82. The van der Waals surface area contributed by atoms with Crippen molar-refractivity contribution in [2.45, 2.75) is 19.4 Å². The molecule has 19 heavy (non-hydrogen) atoms. The molecule has 0 atom stereocenters. The lowest BCUT2D eigenvalue weighted by molar-refractivity contribution is -0.137. The van der Waals surface area contributed by atoms with Crippen molar-refractivity contribution in [1.82, 2.24) is 20.2 Å². The fourth-order valence-corrected chi connectivity index (χ4v) is 1.60. The minimum absolute atomic E-state index is 0.0507. The van der Waals surface area contributed by atoms with Crippen LogP contribution in [0, 0.1) is 11.6 Å². The number of tetrazole rings is 1. The summed E-state index contributed by atoms with van der Waals surface area (Å²) < 4.78 is 28.0. The Balaban J connectivity index is 2.24. The molecule has 0 amide bonds. The van der Waals surface area contributed by atoms with Crippen LogP contribution in [0.5, 0.6) is 0 Å². The summed E-state index contributed by atoms with van der Waals surface area (Å²) in [5, 5.41) is 19.2. The number of benzene rings is 1. The van der Waals surface area contributed by atoms with E-state index in [0.29, 0.717) is 6.42 Å².